The van der Waals surface area contributed by atoms with Crippen molar-refractivity contribution in [2.75, 3.05) is 6.61 Å². The molecular formula is C18H26Cl3NO9. The van der Waals surface area contributed by atoms with Crippen LogP contribution in [-0.2, 0) is 42.9 Å². The summed E-state index contributed by atoms with van der Waals surface area (Å²) < 4.78 is 25.3. The van der Waals surface area contributed by atoms with E-state index in [1.165, 1.54) is 6.92 Å². The zero-order valence-electron chi connectivity index (χ0n) is 17.7. The van der Waals surface area contributed by atoms with E-state index >= 15 is 0 Å². The van der Waals surface area contributed by atoms with E-state index < -0.39 is 64.7 Å². The Balaban J connectivity index is 3.32. The van der Waals surface area contributed by atoms with Gasteiger partial charge in [0.25, 0.3) is 0 Å². The standard InChI is InChI=1S/C18H26Cl3NO9/c1-8(2)28-17-14(22-13(26)6-18(19,20)21)16(30-11(5)25)15(29-10(4)24)12(31-17)7-27-9(3)23/h8,12,14-17H,6-7H2,1-5H3,(H,22,26)/t12-,14-,15-,16-,17?/m1/s1. The van der Waals surface area contributed by atoms with Gasteiger partial charge in [0, 0.05) is 20.8 Å². The van der Waals surface area contributed by atoms with Gasteiger partial charge in [-0.15, -0.1) is 0 Å². The molecule has 0 aromatic rings. The SMILES string of the molecule is CC(=O)OC[C@H]1OC(OC(C)C)[C@H](NC(=O)CC(Cl)(Cl)Cl)[C@@H](OC(C)=O)[C@@H]1OC(C)=O. The molecule has 0 spiro atoms. The largest absolute Gasteiger partial charge is 0.463 e. The van der Waals surface area contributed by atoms with Gasteiger partial charge in [-0.25, -0.2) is 0 Å². The lowest BCUT2D eigenvalue weighted by Gasteiger charge is -2.45. The fourth-order valence-electron chi connectivity index (χ4n) is 2.86. The van der Waals surface area contributed by atoms with Gasteiger partial charge in [0.15, 0.2) is 22.3 Å². The second-order valence-corrected chi connectivity index (χ2v) is 9.58. The molecule has 0 aromatic heterocycles. The molecule has 0 saturated carbocycles. The van der Waals surface area contributed by atoms with Crippen molar-refractivity contribution in [2.24, 2.45) is 0 Å². The zero-order chi connectivity index (χ0) is 23.9. The summed E-state index contributed by atoms with van der Waals surface area (Å²) in [4.78, 5) is 47.2. The Morgan fingerprint density at radius 2 is 1.52 bits per heavy atom. The van der Waals surface area contributed by atoms with Crippen LogP contribution >= 0.6 is 34.8 Å². The first-order chi connectivity index (χ1) is 14.2. The lowest BCUT2D eigenvalue weighted by molar-refractivity contribution is -0.285. The third kappa shape index (κ3) is 10.2. The van der Waals surface area contributed by atoms with Crippen molar-refractivity contribution in [1.29, 1.82) is 0 Å². The number of hydrogen-bond donors (Lipinski definition) is 1. The van der Waals surface area contributed by atoms with Crippen molar-refractivity contribution in [1.82, 2.24) is 5.32 Å². The lowest BCUT2D eigenvalue weighted by atomic mass is 9.95. The van der Waals surface area contributed by atoms with Gasteiger partial charge in [-0.1, -0.05) is 34.8 Å². The van der Waals surface area contributed by atoms with Crippen molar-refractivity contribution in [3.05, 3.63) is 0 Å². The average Bonchev–Trinajstić information content (AvgIpc) is 2.55. The summed E-state index contributed by atoms with van der Waals surface area (Å²) >= 11 is 17.0. The number of amides is 1. The van der Waals surface area contributed by atoms with E-state index in [-0.39, 0.29) is 12.7 Å². The summed E-state index contributed by atoms with van der Waals surface area (Å²) in [5.74, 6) is -2.75. The predicted octanol–water partition coefficient (Wildman–Crippen LogP) is 1.81. The number of esters is 3. The van der Waals surface area contributed by atoms with E-state index in [1.54, 1.807) is 13.8 Å². The number of carbonyl (C=O) groups is 4. The number of carbonyl (C=O) groups excluding carboxylic acids is 4. The van der Waals surface area contributed by atoms with Gasteiger partial charge >= 0.3 is 17.9 Å². The minimum Gasteiger partial charge on any atom is -0.463 e. The van der Waals surface area contributed by atoms with E-state index in [9.17, 15) is 19.2 Å². The third-order valence-corrected chi connectivity index (χ3v) is 4.20. The molecule has 0 aromatic carbocycles. The van der Waals surface area contributed by atoms with Crippen LogP contribution in [0.1, 0.15) is 41.0 Å². The third-order valence-electron chi connectivity index (χ3n) is 3.80. The van der Waals surface area contributed by atoms with E-state index in [0.29, 0.717) is 0 Å². The van der Waals surface area contributed by atoms with Crippen LogP contribution in [-0.4, -0.2) is 71.0 Å². The molecule has 1 aliphatic rings. The topological polar surface area (TPSA) is 126 Å². The number of nitrogens with one attached hydrogen (secondary N) is 1. The van der Waals surface area contributed by atoms with Gasteiger partial charge in [-0.3, -0.25) is 19.2 Å². The molecule has 1 fully saturated rings. The quantitative estimate of drug-likeness (QED) is 0.298. The van der Waals surface area contributed by atoms with Crippen molar-refractivity contribution < 1.29 is 42.9 Å². The average molecular weight is 507 g/mol. The minimum absolute atomic E-state index is 0.322. The molecular weight excluding hydrogens is 481 g/mol. The highest BCUT2D eigenvalue weighted by Crippen LogP contribution is 2.32. The van der Waals surface area contributed by atoms with Gasteiger partial charge in [0.1, 0.15) is 18.8 Å². The first-order valence-corrected chi connectivity index (χ1v) is 10.5. The molecule has 1 N–H and O–H groups in total. The smallest absolute Gasteiger partial charge is 0.303 e. The van der Waals surface area contributed by atoms with Gasteiger partial charge in [0.2, 0.25) is 5.91 Å². The van der Waals surface area contributed by atoms with Crippen molar-refractivity contribution in [3.8, 4) is 0 Å². The van der Waals surface area contributed by atoms with Crippen molar-refractivity contribution in [3.63, 3.8) is 0 Å². The van der Waals surface area contributed by atoms with Crippen molar-refractivity contribution in [2.45, 2.75) is 81.6 Å². The van der Waals surface area contributed by atoms with Crippen LogP contribution in [0.15, 0.2) is 0 Å². The Kier molecular flexibility index (Phi) is 10.8. The van der Waals surface area contributed by atoms with Crippen LogP contribution in [0.2, 0.25) is 0 Å². The fourth-order valence-corrected chi connectivity index (χ4v) is 3.22. The second kappa shape index (κ2) is 12.1. The Labute approximate surface area is 195 Å². The predicted molar refractivity (Wildman–Crippen MR) is 109 cm³/mol. The Hall–Kier alpha value is -1.33. The molecule has 10 nitrogen and oxygen atoms in total. The highest BCUT2D eigenvalue weighted by atomic mass is 35.6. The van der Waals surface area contributed by atoms with E-state index in [1.807, 2.05) is 0 Å². The summed E-state index contributed by atoms with van der Waals surface area (Å²) in [6.07, 6.45) is -5.59. The maximum Gasteiger partial charge on any atom is 0.303 e. The molecule has 1 unspecified atom stereocenters. The van der Waals surface area contributed by atoms with Gasteiger partial charge in [-0.2, -0.15) is 0 Å². The van der Waals surface area contributed by atoms with E-state index in [2.05, 4.69) is 5.32 Å². The molecule has 13 heteroatoms. The van der Waals surface area contributed by atoms with Crippen LogP contribution in [0.3, 0.4) is 0 Å². The fraction of sp³-hybridized carbons (Fsp3) is 0.778. The number of alkyl halides is 3. The monoisotopic (exact) mass is 505 g/mol. The van der Waals surface area contributed by atoms with E-state index in [4.69, 9.17) is 58.5 Å². The van der Waals surface area contributed by atoms with Crippen LogP contribution in [0.25, 0.3) is 0 Å². The Morgan fingerprint density at radius 3 is 1.97 bits per heavy atom. The molecule has 0 radical (unpaired) electrons. The maximum atomic E-state index is 12.4. The molecule has 1 rings (SSSR count). The number of hydrogen-bond acceptors (Lipinski definition) is 9. The summed E-state index contributed by atoms with van der Waals surface area (Å²) in [7, 11) is 0. The molecule has 1 aliphatic heterocycles. The highest BCUT2D eigenvalue weighted by molar-refractivity contribution is 6.68. The normalized spacial score (nSPS) is 26.2. The Morgan fingerprint density at radius 1 is 0.968 bits per heavy atom. The van der Waals surface area contributed by atoms with Gasteiger partial charge in [-0.05, 0) is 13.8 Å². The van der Waals surface area contributed by atoms with Crippen LogP contribution < -0.4 is 5.32 Å². The second-order valence-electron chi connectivity index (χ2n) is 7.06. The first kappa shape index (κ1) is 27.7. The molecule has 1 saturated heterocycles. The summed E-state index contributed by atoms with van der Waals surface area (Å²) in [5.41, 5.74) is 0. The number of rotatable bonds is 8. The van der Waals surface area contributed by atoms with Crippen LogP contribution in [0, 0.1) is 0 Å². The molecule has 0 aliphatic carbocycles. The molecule has 5 atom stereocenters. The molecule has 31 heavy (non-hydrogen) atoms. The maximum absolute atomic E-state index is 12.4. The summed E-state index contributed by atoms with van der Waals surface area (Å²) in [6, 6.07) is -1.14. The highest BCUT2D eigenvalue weighted by Gasteiger charge is 2.51. The lowest BCUT2D eigenvalue weighted by Crippen LogP contribution is -2.67. The molecule has 178 valence electrons. The van der Waals surface area contributed by atoms with Crippen molar-refractivity contribution >= 4 is 58.6 Å². The summed E-state index contributed by atoms with van der Waals surface area (Å²) in [5, 5.41) is 2.56. The Bertz CT molecular complexity index is 668. The number of ether oxygens (including phenoxy) is 5. The zero-order valence-corrected chi connectivity index (χ0v) is 20.0. The van der Waals surface area contributed by atoms with Crippen LogP contribution in [0.5, 0.6) is 0 Å². The first-order valence-electron chi connectivity index (χ1n) is 9.34. The van der Waals surface area contributed by atoms with Crippen LogP contribution in [0.4, 0.5) is 0 Å². The van der Waals surface area contributed by atoms with Gasteiger partial charge in [0.05, 0.1) is 12.5 Å². The minimum atomic E-state index is -1.88. The van der Waals surface area contributed by atoms with Gasteiger partial charge < -0.3 is 29.0 Å². The summed E-state index contributed by atoms with van der Waals surface area (Å²) in [6.45, 7) is 6.57. The molecule has 1 heterocycles. The molecule has 1 amide bonds. The van der Waals surface area contributed by atoms with E-state index in [0.717, 1.165) is 13.8 Å². The molecule has 0 bridgehead atoms. The number of halogens is 3.